The van der Waals surface area contributed by atoms with Crippen molar-refractivity contribution in [2.75, 3.05) is 0 Å². The third-order valence-corrected chi connectivity index (χ3v) is 5.19. The van der Waals surface area contributed by atoms with E-state index >= 15 is 0 Å². The molecule has 1 aliphatic carbocycles. The molecule has 146 valence electrons. The van der Waals surface area contributed by atoms with Gasteiger partial charge in [0.15, 0.2) is 6.10 Å². The average Bonchev–Trinajstić information content (AvgIpc) is 2.64. The van der Waals surface area contributed by atoms with E-state index in [1.165, 1.54) is 37.6 Å². The Labute approximate surface area is 158 Å². The quantitative estimate of drug-likeness (QED) is 0.356. The van der Waals surface area contributed by atoms with Gasteiger partial charge in [-0.05, 0) is 36.8 Å². The van der Waals surface area contributed by atoms with E-state index in [1.54, 1.807) is 6.07 Å². The Kier molecular flexibility index (Phi) is 7.10. The second-order valence-corrected chi connectivity index (χ2v) is 7.15. The molecular weight excluding hydrogens is 348 g/mol. The monoisotopic (exact) mass is 374 g/mol. The number of benzene rings is 1. The molecule has 27 heavy (non-hydrogen) atoms. The molecule has 1 aromatic rings. The van der Waals surface area contributed by atoms with Crippen LogP contribution in [0.25, 0.3) is 6.08 Å². The van der Waals surface area contributed by atoms with Crippen molar-refractivity contribution >= 4 is 23.6 Å². The number of carbonyl (C=O) groups is 2. The molecule has 0 spiro atoms. The number of nitro benzene ring substituents is 1. The summed E-state index contributed by atoms with van der Waals surface area (Å²) in [5, 5.41) is 13.7. The van der Waals surface area contributed by atoms with Crippen LogP contribution in [0.2, 0.25) is 0 Å². The maximum atomic E-state index is 12.3. The summed E-state index contributed by atoms with van der Waals surface area (Å²) in [6.07, 6.45) is 4.86. The van der Waals surface area contributed by atoms with E-state index in [0.29, 0.717) is 17.4 Å². The van der Waals surface area contributed by atoms with Gasteiger partial charge in [0.2, 0.25) is 0 Å². The van der Waals surface area contributed by atoms with Crippen molar-refractivity contribution in [3.63, 3.8) is 0 Å². The maximum Gasteiger partial charge on any atom is 0.331 e. The molecule has 2 rings (SSSR count). The van der Waals surface area contributed by atoms with Crippen molar-refractivity contribution in [1.82, 2.24) is 5.32 Å². The fourth-order valence-corrected chi connectivity index (χ4v) is 3.26. The van der Waals surface area contributed by atoms with Gasteiger partial charge in [-0.2, -0.15) is 0 Å². The first-order valence-corrected chi connectivity index (χ1v) is 9.21. The van der Waals surface area contributed by atoms with Crippen LogP contribution >= 0.6 is 0 Å². The van der Waals surface area contributed by atoms with Crippen LogP contribution in [0.4, 0.5) is 5.69 Å². The molecule has 1 aliphatic rings. The van der Waals surface area contributed by atoms with Crippen molar-refractivity contribution < 1.29 is 19.2 Å². The Bertz CT molecular complexity index is 731. The van der Waals surface area contributed by atoms with Crippen LogP contribution in [-0.2, 0) is 14.3 Å². The molecule has 0 heterocycles. The van der Waals surface area contributed by atoms with E-state index in [1.807, 2.05) is 0 Å². The zero-order valence-electron chi connectivity index (χ0n) is 15.9. The second kappa shape index (κ2) is 9.30. The molecule has 7 nitrogen and oxygen atoms in total. The minimum absolute atomic E-state index is 0.0610. The number of esters is 1. The maximum absolute atomic E-state index is 12.3. The van der Waals surface area contributed by atoms with Crippen LogP contribution in [0.15, 0.2) is 30.3 Å². The topological polar surface area (TPSA) is 98.5 Å². The molecule has 1 N–H and O–H groups in total. The molecule has 0 radical (unpaired) electrons. The molecule has 0 bridgehead atoms. The molecule has 0 saturated heterocycles. The Balaban J connectivity index is 1.88. The van der Waals surface area contributed by atoms with Gasteiger partial charge in [-0.3, -0.25) is 14.9 Å². The smallest absolute Gasteiger partial charge is 0.331 e. The standard InChI is InChI=1S/C20H26N2O5/c1-13-6-4-9-18(14(13)2)21-20(24)15(3)27-19(23)11-10-16-7-5-8-17(12-16)22(25)26/h5,7-8,10-15,18H,4,6,9H2,1-3H3,(H,21,24)/b11-10+/t13-,14-,15-,18+/m1/s1. The molecule has 1 aromatic carbocycles. The Morgan fingerprint density at radius 1 is 1.33 bits per heavy atom. The molecule has 0 aromatic heterocycles. The molecule has 1 saturated carbocycles. The lowest BCUT2D eigenvalue weighted by Gasteiger charge is -2.35. The Morgan fingerprint density at radius 2 is 2.07 bits per heavy atom. The van der Waals surface area contributed by atoms with Crippen LogP contribution in [0, 0.1) is 22.0 Å². The van der Waals surface area contributed by atoms with E-state index < -0.39 is 17.0 Å². The lowest BCUT2D eigenvalue weighted by Crippen LogP contribution is -2.47. The summed E-state index contributed by atoms with van der Waals surface area (Å²) >= 11 is 0. The number of nitrogens with zero attached hydrogens (tertiary/aromatic N) is 1. The third kappa shape index (κ3) is 5.91. The number of amides is 1. The summed E-state index contributed by atoms with van der Waals surface area (Å²) in [4.78, 5) is 34.5. The number of carbonyl (C=O) groups excluding carboxylic acids is 2. The van der Waals surface area contributed by atoms with Crippen LogP contribution in [0.1, 0.15) is 45.6 Å². The highest BCUT2D eigenvalue weighted by molar-refractivity contribution is 5.90. The number of ether oxygens (including phenoxy) is 1. The fraction of sp³-hybridized carbons (Fsp3) is 0.500. The normalized spacial score (nSPS) is 23.6. The average molecular weight is 374 g/mol. The summed E-state index contributed by atoms with van der Waals surface area (Å²) in [5.74, 6) is -0.0357. The fourth-order valence-electron chi connectivity index (χ4n) is 3.26. The van der Waals surface area contributed by atoms with Crippen LogP contribution < -0.4 is 5.32 Å². The molecule has 7 heteroatoms. The third-order valence-electron chi connectivity index (χ3n) is 5.19. The molecule has 1 amide bonds. The summed E-state index contributed by atoms with van der Waals surface area (Å²) < 4.78 is 5.14. The number of hydrogen-bond donors (Lipinski definition) is 1. The lowest BCUT2D eigenvalue weighted by atomic mass is 9.78. The predicted molar refractivity (Wildman–Crippen MR) is 102 cm³/mol. The number of nitrogens with one attached hydrogen (secondary N) is 1. The highest BCUT2D eigenvalue weighted by Gasteiger charge is 2.29. The van der Waals surface area contributed by atoms with Gasteiger partial charge in [0.1, 0.15) is 0 Å². The van der Waals surface area contributed by atoms with Crippen molar-refractivity contribution in [1.29, 1.82) is 0 Å². The lowest BCUT2D eigenvalue weighted by molar-refractivity contribution is -0.384. The van der Waals surface area contributed by atoms with Gasteiger partial charge in [-0.15, -0.1) is 0 Å². The molecule has 4 atom stereocenters. The first-order valence-electron chi connectivity index (χ1n) is 9.21. The van der Waals surface area contributed by atoms with Gasteiger partial charge >= 0.3 is 5.97 Å². The minimum atomic E-state index is -0.906. The van der Waals surface area contributed by atoms with Crippen molar-refractivity contribution in [3.05, 3.63) is 46.0 Å². The predicted octanol–water partition coefficient (Wildman–Crippen LogP) is 3.48. The van der Waals surface area contributed by atoms with E-state index in [0.717, 1.165) is 18.9 Å². The van der Waals surface area contributed by atoms with E-state index in [4.69, 9.17) is 4.74 Å². The number of hydrogen-bond acceptors (Lipinski definition) is 5. The summed E-state index contributed by atoms with van der Waals surface area (Å²) in [6.45, 7) is 5.85. The van der Waals surface area contributed by atoms with Crippen LogP contribution in [0.3, 0.4) is 0 Å². The van der Waals surface area contributed by atoms with Gasteiger partial charge in [0.25, 0.3) is 11.6 Å². The van der Waals surface area contributed by atoms with Gasteiger partial charge in [-0.1, -0.05) is 38.8 Å². The highest BCUT2D eigenvalue weighted by Crippen LogP contribution is 2.29. The van der Waals surface area contributed by atoms with Crippen LogP contribution in [0.5, 0.6) is 0 Å². The van der Waals surface area contributed by atoms with E-state index in [-0.39, 0.29) is 17.6 Å². The molecular formula is C20H26N2O5. The van der Waals surface area contributed by atoms with Crippen molar-refractivity contribution in [2.24, 2.45) is 11.8 Å². The van der Waals surface area contributed by atoms with E-state index in [2.05, 4.69) is 19.2 Å². The largest absolute Gasteiger partial charge is 0.449 e. The SMILES string of the molecule is C[C@@H]1[C@H](C)CCC[C@@H]1NC(=O)[C@@H](C)OC(=O)/C=C/c1cccc([N+](=O)[O-])c1. The molecule has 0 aliphatic heterocycles. The first-order chi connectivity index (χ1) is 12.8. The molecule has 1 fully saturated rings. The van der Waals surface area contributed by atoms with E-state index in [9.17, 15) is 19.7 Å². The van der Waals surface area contributed by atoms with Gasteiger partial charge in [0.05, 0.1) is 4.92 Å². The first kappa shape index (κ1) is 20.6. The zero-order chi connectivity index (χ0) is 20.0. The summed E-state index contributed by atoms with van der Waals surface area (Å²) in [6, 6.07) is 5.99. The Morgan fingerprint density at radius 3 is 2.78 bits per heavy atom. The number of nitro groups is 1. The zero-order valence-corrected chi connectivity index (χ0v) is 15.9. The van der Waals surface area contributed by atoms with Crippen molar-refractivity contribution in [2.45, 2.75) is 52.2 Å². The molecule has 0 unspecified atom stereocenters. The summed E-state index contributed by atoms with van der Waals surface area (Å²) in [7, 11) is 0. The highest BCUT2D eigenvalue weighted by atomic mass is 16.6. The summed E-state index contributed by atoms with van der Waals surface area (Å²) in [5.41, 5.74) is 0.442. The van der Waals surface area contributed by atoms with Crippen molar-refractivity contribution in [3.8, 4) is 0 Å². The second-order valence-electron chi connectivity index (χ2n) is 7.15. The van der Waals surface area contributed by atoms with Gasteiger partial charge in [-0.25, -0.2) is 4.79 Å². The Hall–Kier alpha value is -2.70. The number of rotatable bonds is 6. The minimum Gasteiger partial charge on any atom is -0.449 e. The van der Waals surface area contributed by atoms with Gasteiger partial charge in [0, 0.05) is 24.3 Å². The van der Waals surface area contributed by atoms with Gasteiger partial charge < -0.3 is 10.1 Å². The number of non-ortho nitro benzene ring substituents is 1. The van der Waals surface area contributed by atoms with Crippen LogP contribution in [-0.4, -0.2) is 28.9 Å².